The first kappa shape index (κ1) is 10.9. The second-order valence-corrected chi connectivity index (χ2v) is 5.12. The minimum atomic E-state index is -0.0129. The molecule has 0 aliphatic heterocycles. The van der Waals surface area contributed by atoms with Crippen LogP contribution in [-0.4, -0.2) is 16.1 Å². The van der Waals surface area contributed by atoms with Crippen LogP contribution in [0.15, 0.2) is 18.2 Å². The van der Waals surface area contributed by atoms with E-state index in [1.165, 1.54) is 0 Å². The van der Waals surface area contributed by atoms with Gasteiger partial charge in [0.05, 0.1) is 11.2 Å². The van der Waals surface area contributed by atoms with Crippen LogP contribution >= 0.6 is 0 Å². The number of aldehydes is 1. The Bertz CT molecular complexity index is 547. The summed E-state index contributed by atoms with van der Waals surface area (Å²) in [5.74, 6) is 0. The molecule has 0 radical (unpaired) electrons. The molecule has 16 heavy (non-hydrogen) atoms. The SMILES string of the molecule is Cn1nc(C(C)(C)C)c2cc(C=O)ccc21. The molecule has 1 aromatic heterocycles. The Hall–Kier alpha value is -1.64. The van der Waals surface area contributed by atoms with Crippen LogP contribution < -0.4 is 0 Å². The summed E-state index contributed by atoms with van der Waals surface area (Å²) in [4.78, 5) is 10.8. The molecule has 2 rings (SSSR count). The Kier molecular flexibility index (Phi) is 2.34. The number of aryl methyl sites for hydroxylation is 1. The van der Waals surface area contributed by atoms with Gasteiger partial charge >= 0.3 is 0 Å². The molecule has 0 unspecified atom stereocenters. The number of aromatic nitrogens is 2. The van der Waals surface area contributed by atoms with Crippen molar-refractivity contribution in [1.82, 2.24) is 9.78 Å². The molecule has 3 heteroatoms. The van der Waals surface area contributed by atoms with Crippen molar-refractivity contribution in [2.45, 2.75) is 26.2 Å². The first-order valence-electron chi connectivity index (χ1n) is 5.36. The van der Waals surface area contributed by atoms with Gasteiger partial charge in [0.15, 0.2) is 0 Å². The molecule has 84 valence electrons. The topological polar surface area (TPSA) is 34.9 Å². The molecule has 3 nitrogen and oxygen atoms in total. The van der Waals surface area contributed by atoms with E-state index < -0.39 is 0 Å². The highest BCUT2D eigenvalue weighted by Crippen LogP contribution is 2.29. The largest absolute Gasteiger partial charge is 0.298 e. The van der Waals surface area contributed by atoms with Crippen molar-refractivity contribution in [3.8, 4) is 0 Å². The predicted octanol–water partition coefficient (Wildman–Crippen LogP) is 2.68. The number of nitrogens with zero attached hydrogens (tertiary/aromatic N) is 2. The van der Waals surface area contributed by atoms with Gasteiger partial charge in [-0.1, -0.05) is 20.8 Å². The van der Waals surface area contributed by atoms with Gasteiger partial charge in [0.25, 0.3) is 0 Å². The van der Waals surface area contributed by atoms with E-state index in [0.29, 0.717) is 5.56 Å². The number of fused-ring (bicyclic) bond motifs is 1. The standard InChI is InChI=1S/C13H16N2O/c1-13(2,3)12-10-7-9(8-16)5-6-11(10)15(4)14-12/h5-8H,1-4H3. The Morgan fingerprint density at radius 1 is 1.31 bits per heavy atom. The van der Waals surface area contributed by atoms with Crippen molar-refractivity contribution < 1.29 is 4.79 Å². The summed E-state index contributed by atoms with van der Waals surface area (Å²) in [5.41, 5.74) is 2.79. The van der Waals surface area contributed by atoms with E-state index in [-0.39, 0.29) is 5.41 Å². The fourth-order valence-electron chi connectivity index (χ4n) is 1.91. The van der Waals surface area contributed by atoms with Gasteiger partial charge < -0.3 is 0 Å². The summed E-state index contributed by atoms with van der Waals surface area (Å²) < 4.78 is 1.87. The Morgan fingerprint density at radius 2 is 2.00 bits per heavy atom. The zero-order chi connectivity index (χ0) is 11.9. The molecule has 0 fully saturated rings. The molecule has 1 aromatic carbocycles. The van der Waals surface area contributed by atoms with E-state index >= 15 is 0 Å². The average Bonchev–Trinajstić information content (AvgIpc) is 2.55. The van der Waals surface area contributed by atoms with Gasteiger partial charge in [-0.2, -0.15) is 5.10 Å². The average molecular weight is 216 g/mol. The fraction of sp³-hybridized carbons (Fsp3) is 0.385. The minimum Gasteiger partial charge on any atom is -0.298 e. The van der Waals surface area contributed by atoms with Gasteiger partial charge in [0.2, 0.25) is 0 Å². The summed E-state index contributed by atoms with van der Waals surface area (Å²) in [6, 6.07) is 5.68. The number of rotatable bonds is 1. The summed E-state index contributed by atoms with van der Waals surface area (Å²) in [5, 5.41) is 5.61. The van der Waals surface area contributed by atoms with Crippen LogP contribution in [0.5, 0.6) is 0 Å². The summed E-state index contributed by atoms with van der Waals surface area (Å²) >= 11 is 0. The molecule has 0 spiro atoms. The molecule has 1 heterocycles. The van der Waals surface area contributed by atoms with Crippen LogP contribution in [-0.2, 0) is 12.5 Å². The highest BCUT2D eigenvalue weighted by atomic mass is 16.1. The van der Waals surface area contributed by atoms with Crippen LogP contribution in [0.3, 0.4) is 0 Å². The molecule has 2 aromatic rings. The van der Waals surface area contributed by atoms with Gasteiger partial charge in [0.1, 0.15) is 6.29 Å². The van der Waals surface area contributed by atoms with Gasteiger partial charge in [-0.15, -0.1) is 0 Å². The lowest BCUT2D eigenvalue weighted by molar-refractivity contribution is 0.112. The third kappa shape index (κ3) is 1.62. The zero-order valence-corrected chi connectivity index (χ0v) is 10.1. The van der Waals surface area contributed by atoms with Crippen molar-refractivity contribution >= 4 is 17.2 Å². The van der Waals surface area contributed by atoms with E-state index in [1.54, 1.807) is 0 Å². The minimum absolute atomic E-state index is 0.0129. The molecular weight excluding hydrogens is 200 g/mol. The van der Waals surface area contributed by atoms with E-state index in [2.05, 4.69) is 25.9 Å². The lowest BCUT2D eigenvalue weighted by Crippen LogP contribution is -2.12. The van der Waals surface area contributed by atoms with Crippen LogP contribution in [0.2, 0.25) is 0 Å². The van der Waals surface area contributed by atoms with Crippen LogP contribution in [0, 0.1) is 0 Å². The molecule has 0 atom stereocenters. The molecule has 0 aliphatic carbocycles. The molecule has 0 saturated carbocycles. The van der Waals surface area contributed by atoms with E-state index in [4.69, 9.17) is 0 Å². The highest BCUT2D eigenvalue weighted by molar-refractivity contribution is 5.89. The molecule has 0 aliphatic rings. The number of carbonyl (C=O) groups is 1. The summed E-state index contributed by atoms with van der Waals surface area (Å²) in [7, 11) is 1.93. The summed E-state index contributed by atoms with van der Waals surface area (Å²) in [6.07, 6.45) is 0.874. The smallest absolute Gasteiger partial charge is 0.150 e. The monoisotopic (exact) mass is 216 g/mol. The normalized spacial score (nSPS) is 12.0. The lowest BCUT2D eigenvalue weighted by Gasteiger charge is -2.15. The lowest BCUT2D eigenvalue weighted by atomic mass is 9.89. The van der Waals surface area contributed by atoms with Crippen molar-refractivity contribution in [3.63, 3.8) is 0 Å². The van der Waals surface area contributed by atoms with Crippen LogP contribution in [0.25, 0.3) is 10.9 Å². The highest BCUT2D eigenvalue weighted by Gasteiger charge is 2.21. The van der Waals surface area contributed by atoms with Gasteiger partial charge in [-0.3, -0.25) is 9.48 Å². The number of hydrogen-bond donors (Lipinski definition) is 0. The number of benzene rings is 1. The Balaban J connectivity index is 2.80. The van der Waals surface area contributed by atoms with Crippen LogP contribution in [0.4, 0.5) is 0 Å². The quantitative estimate of drug-likeness (QED) is 0.687. The molecular formula is C13H16N2O. The van der Waals surface area contributed by atoms with E-state index in [9.17, 15) is 4.79 Å². The van der Waals surface area contributed by atoms with Crippen LogP contribution in [0.1, 0.15) is 36.8 Å². The molecule has 0 N–H and O–H groups in total. The zero-order valence-electron chi connectivity index (χ0n) is 10.1. The Morgan fingerprint density at radius 3 is 2.56 bits per heavy atom. The first-order chi connectivity index (χ1) is 7.43. The van der Waals surface area contributed by atoms with Gasteiger partial charge in [-0.25, -0.2) is 0 Å². The van der Waals surface area contributed by atoms with Crippen molar-refractivity contribution in [1.29, 1.82) is 0 Å². The third-order valence-corrected chi connectivity index (χ3v) is 2.72. The Labute approximate surface area is 95.1 Å². The van der Waals surface area contributed by atoms with Crippen molar-refractivity contribution in [2.24, 2.45) is 7.05 Å². The molecule has 0 bridgehead atoms. The van der Waals surface area contributed by atoms with Crippen molar-refractivity contribution in [2.75, 3.05) is 0 Å². The van der Waals surface area contributed by atoms with E-state index in [0.717, 1.165) is 22.9 Å². The fourth-order valence-corrected chi connectivity index (χ4v) is 1.91. The van der Waals surface area contributed by atoms with Gasteiger partial charge in [-0.05, 0) is 18.2 Å². The summed E-state index contributed by atoms with van der Waals surface area (Å²) in [6.45, 7) is 6.38. The number of carbonyl (C=O) groups excluding carboxylic acids is 1. The molecule has 0 saturated heterocycles. The number of hydrogen-bond acceptors (Lipinski definition) is 2. The van der Waals surface area contributed by atoms with Crippen molar-refractivity contribution in [3.05, 3.63) is 29.5 Å². The maximum absolute atomic E-state index is 10.8. The predicted molar refractivity (Wildman–Crippen MR) is 64.8 cm³/mol. The first-order valence-corrected chi connectivity index (χ1v) is 5.36. The van der Waals surface area contributed by atoms with E-state index in [1.807, 2.05) is 29.9 Å². The molecule has 0 amide bonds. The second kappa shape index (κ2) is 3.44. The second-order valence-electron chi connectivity index (χ2n) is 5.12. The maximum Gasteiger partial charge on any atom is 0.150 e. The van der Waals surface area contributed by atoms with Gasteiger partial charge in [0, 0.05) is 23.4 Å². The third-order valence-electron chi connectivity index (χ3n) is 2.72. The maximum atomic E-state index is 10.8.